The fourth-order valence-electron chi connectivity index (χ4n) is 2.29. The molecule has 0 radical (unpaired) electrons. The molecule has 0 aliphatic heterocycles. The van der Waals surface area contributed by atoms with Crippen LogP contribution in [-0.2, 0) is 6.54 Å². The average molecular weight is 286 g/mol. The Kier molecular flexibility index (Phi) is 3.51. The van der Waals surface area contributed by atoms with E-state index in [0.717, 1.165) is 5.69 Å². The van der Waals surface area contributed by atoms with Crippen molar-refractivity contribution in [2.24, 2.45) is 0 Å². The van der Waals surface area contributed by atoms with Crippen LogP contribution in [0.4, 0.5) is 5.69 Å². The maximum absolute atomic E-state index is 12.2. The third-order valence-electron chi connectivity index (χ3n) is 3.54. The molecule has 1 heterocycles. The van der Waals surface area contributed by atoms with Crippen molar-refractivity contribution in [3.8, 4) is 5.75 Å². The summed E-state index contributed by atoms with van der Waals surface area (Å²) in [6.07, 6.45) is 5.98. The van der Waals surface area contributed by atoms with Gasteiger partial charge in [-0.15, -0.1) is 0 Å². The number of anilines is 1. The molecule has 1 amide bonds. The first-order chi connectivity index (χ1) is 10.2. The van der Waals surface area contributed by atoms with E-state index in [1.807, 2.05) is 6.33 Å². The van der Waals surface area contributed by atoms with Gasteiger partial charge < -0.3 is 20.4 Å². The van der Waals surface area contributed by atoms with Gasteiger partial charge in [0.05, 0.1) is 25.7 Å². The van der Waals surface area contributed by atoms with Crippen molar-refractivity contribution in [3.05, 3.63) is 42.0 Å². The summed E-state index contributed by atoms with van der Waals surface area (Å²) in [6.45, 7) is 0.451. The van der Waals surface area contributed by atoms with Gasteiger partial charge in [-0.1, -0.05) is 0 Å². The van der Waals surface area contributed by atoms with E-state index in [1.54, 1.807) is 31.5 Å². The van der Waals surface area contributed by atoms with E-state index in [4.69, 9.17) is 10.5 Å². The number of amides is 1. The standard InChI is InChI=1S/C15H18N4O2/c1-21-14-5-10(4-11(16)6-14)15(20)18-8-13-7-17-9-19(13)12-2-3-12/h4-7,9,12H,2-3,8,16H2,1H3,(H,18,20). The largest absolute Gasteiger partial charge is 0.497 e. The molecule has 0 bridgehead atoms. The number of rotatable bonds is 5. The quantitative estimate of drug-likeness (QED) is 0.820. The Morgan fingerprint density at radius 2 is 2.29 bits per heavy atom. The van der Waals surface area contributed by atoms with Crippen LogP contribution in [0, 0.1) is 0 Å². The molecular weight excluding hydrogens is 268 g/mol. The average Bonchev–Trinajstić information content (AvgIpc) is 3.22. The number of hydrogen-bond donors (Lipinski definition) is 2. The summed E-state index contributed by atoms with van der Waals surface area (Å²) >= 11 is 0. The highest BCUT2D eigenvalue weighted by Gasteiger charge is 2.25. The van der Waals surface area contributed by atoms with Gasteiger partial charge in [-0.25, -0.2) is 4.98 Å². The van der Waals surface area contributed by atoms with Crippen LogP contribution in [0.3, 0.4) is 0 Å². The lowest BCUT2D eigenvalue weighted by Crippen LogP contribution is -2.24. The van der Waals surface area contributed by atoms with Crippen LogP contribution < -0.4 is 15.8 Å². The lowest BCUT2D eigenvalue weighted by atomic mass is 10.1. The molecule has 6 nitrogen and oxygen atoms in total. The lowest BCUT2D eigenvalue weighted by Gasteiger charge is -2.09. The number of carbonyl (C=O) groups excluding carboxylic acids is 1. The maximum Gasteiger partial charge on any atom is 0.251 e. The van der Waals surface area contributed by atoms with Gasteiger partial charge in [-0.2, -0.15) is 0 Å². The molecule has 0 unspecified atom stereocenters. The van der Waals surface area contributed by atoms with Crippen LogP contribution in [0.1, 0.15) is 34.9 Å². The van der Waals surface area contributed by atoms with E-state index in [2.05, 4.69) is 14.9 Å². The summed E-state index contributed by atoms with van der Waals surface area (Å²) in [5.41, 5.74) is 7.77. The van der Waals surface area contributed by atoms with Crippen LogP contribution in [0.15, 0.2) is 30.7 Å². The number of benzene rings is 1. The molecule has 1 fully saturated rings. The minimum Gasteiger partial charge on any atom is -0.497 e. The van der Waals surface area contributed by atoms with Crippen LogP contribution in [0.2, 0.25) is 0 Å². The second-order valence-corrected chi connectivity index (χ2v) is 5.20. The zero-order valence-electron chi connectivity index (χ0n) is 11.9. The number of methoxy groups -OCH3 is 1. The van der Waals surface area contributed by atoms with Crippen molar-refractivity contribution in [2.45, 2.75) is 25.4 Å². The molecule has 6 heteroatoms. The molecule has 1 aromatic carbocycles. The first-order valence-corrected chi connectivity index (χ1v) is 6.91. The van der Waals surface area contributed by atoms with Gasteiger partial charge in [0.25, 0.3) is 5.91 Å². The van der Waals surface area contributed by atoms with Gasteiger partial charge in [0.2, 0.25) is 0 Å². The smallest absolute Gasteiger partial charge is 0.251 e. The zero-order valence-corrected chi connectivity index (χ0v) is 11.9. The van der Waals surface area contributed by atoms with Gasteiger partial charge >= 0.3 is 0 Å². The Balaban J connectivity index is 1.68. The van der Waals surface area contributed by atoms with Crippen LogP contribution in [-0.4, -0.2) is 22.6 Å². The summed E-state index contributed by atoms with van der Waals surface area (Å²) in [6, 6.07) is 5.53. The first-order valence-electron chi connectivity index (χ1n) is 6.91. The van der Waals surface area contributed by atoms with Gasteiger partial charge in [-0.05, 0) is 25.0 Å². The highest BCUT2D eigenvalue weighted by Crippen LogP contribution is 2.35. The molecule has 0 spiro atoms. The number of carbonyl (C=O) groups is 1. The number of nitrogen functional groups attached to an aromatic ring is 1. The van der Waals surface area contributed by atoms with E-state index in [1.165, 1.54) is 12.8 Å². The zero-order chi connectivity index (χ0) is 14.8. The number of hydrogen-bond acceptors (Lipinski definition) is 4. The van der Waals surface area contributed by atoms with E-state index in [0.29, 0.717) is 29.6 Å². The Hall–Kier alpha value is -2.50. The molecule has 0 atom stereocenters. The topological polar surface area (TPSA) is 82.2 Å². The number of aromatic nitrogens is 2. The summed E-state index contributed by atoms with van der Waals surface area (Å²) in [5.74, 6) is 0.396. The van der Waals surface area contributed by atoms with Gasteiger partial charge in [0, 0.05) is 29.6 Å². The fraction of sp³-hybridized carbons (Fsp3) is 0.333. The Bertz CT molecular complexity index is 661. The molecule has 3 N–H and O–H groups in total. The molecule has 110 valence electrons. The normalized spacial score (nSPS) is 14.0. The number of nitrogens with one attached hydrogen (secondary N) is 1. The third-order valence-corrected chi connectivity index (χ3v) is 3.54. The maximum atomic E-state index is 12.2. The number of nitrogens with zero attached hydrogens (tertiary/aromatic N) is 2. The molecule has 21 heavy (non-hydrogen) atoms. The van der Waals surface area contributed by atoms with Crippen molar-refractivity contribution in [1.82, 2.24) is 14.9 Å². The lowest BCUT2D eigenvalue weighted by molar-refractivity contribution is 0.0949. The fourth-order valence-corrected chi connectivity index (χ4v) is 2.29. The van der Waals surface area contributed by atoms with Crippen LogP contribution >= 0.6 is 0 Å². The second-order valence-electron chi connectivity index (χ2n) is 5.20. The molecule has 1 aromatic heterocycles. The van der Waals surface area contributed by atoms with Crippen molar-refractivity contribution >= 4 is 11.6 Å². The SMILES string of the molecule is COc1cc(N)cc(C(=O)NCc2cncn2C2CC2)c1. The predicted octanol–water partition coefficient (Wildman–Crippen LogP) is 1.74. The minimum atomic E-state index is -0.177. The molecule has 2 aromatic rings. The number of imidazole rings is 1. The van der Waals surface area contributed by atoms with E-state index >= 15 is 0 Å². The molecule has 1 saturated carbocycles. The Morgan fingerprint density at radius 1 is 1.48 bits per heavy atom. The summed E-state index contributed by atoms with van der Waals surface area (Å²) < 4.78 is 7.25. The number of ether oxygens (including phenoxy) is 1. The number of nitrogens with two attached hydrogens (primary N) is 1. The molecule has 1 aliphatic carbocycles. The predicted molar refractivity (Wildman–Crippen MR) is 79.1 cm³/mol. The van der Waals surface area contributed by atoms with Crippen LogP contribution in [0.25, 0.3) is 0 Å². The van der Waals surface area contributed by atoms with E-state index < -0.39 is 0 Å². The van der Waals surface area contributed by atoms with Crippen molar-refractivity contribution in [1.29, 1.82) is 0 Å². The summed E-state index contributed by atoms with van der Waals surface area (Å²) in [7, 11) is 1.55. The third kappa shape index (κ3) is 2.99. The van der Waals surface area contributed by atoms with Crippen molar-refractivity contribution in [2.75, 3.05) is 12.8 Å². The molecule has 0 saturated heterocycles. The Labute approximate surface area is 122 Å². The highest BCUT2D eigenvalue weighted by molar-refractivity contribution is 5.95. The van der Waals surface area contributed by atoms with Crippen LogP contribution in [0.5, 0.6) is 5.75 Å². The van der Waals surface area contributed by atoms with Gasteiger partial charge in [0.15, 0.2) is 0 Å². The van der Waals surface area contributed by atoms with E-state index in [-0.39, 0.29) is 5.91 Å². The van der Waals surface area contributed by atoms with Gasteiger partial charge in [0.1, 0.15) is 5.75 Å². The van der Waals surface area contributed by atoms with E-state index in [9.17, 15) is 4.79 Å². The molecule has 3 rings (SSSR count). The van der Waals surface area contributed by atoms with Gasteiger partial charge in [-0.3, -0.25) is 4.79 Å². The first kappa shape index (κ1) is 13.5. The Morgan fingerprint density at radius 3 is 3.00 bits per heavy atom. The minimum absolute atomic E-state index is 0.177. The monoisotopic (exact) mass is 286 g/mol. The summed E-state index contributed by atoms with van der Waals surface area (Å²) in [5, 5.41) is 2.89. The molecule has 1 aliphatic rings. The highest BCUT2D eigenvalue weighted by atomic mass is 16.5. The summed E-state index contributed by atoms with van der Waals surface area (Å²) in [4.78, 5) is 16.4. The molecular formula is C15H18N4O2. The second kappa shape index (κ2) is 5.47. The van der Waals surface area contributed by atoms with Crippen molar-refractivity contribution in [3.63, 3.8) is 0 Å². The van der Waals surface area contributed by atoms with Crippen molar-refractivity contribution < 1.29 is 9.53 Å².